The van der Waals surface area contributed by atoms with Crippen LogP contribution in [0.25, 0.3) is 6.08 Å². The van der Waals surface area contributed by atoms with Crippen molar-refractivity contribution in [2.24, 2.45) is 0 Å². The first kappa shape index (κ1) is 8.08. The number of benzene rings is 1. The van der Waals surface area contributed by atoms with Crippen molar-refractivity contribution >= 4 is 6.08 Å². The Bertz CT molecular complexity index is 314. The van der Waals surface area contributed by atoms with E-state index in [0.717, 1.165) is 0 Å². The Morgan fingerprint density at radius 1 is 1.15 bits per heavy atom. The van der Waals surface area contributed by atoms with Crippen molar-refractivity contribution in [3.63, 3.8) is 0 Å². The van der Waals surface area contributed by atoms with Crippen molar-refractivity contribution in [2.75, 3.05) is 0 Å². The quantitative estimate of drug-likeness (QED) is 0.709. The third-order valence-corrected chi connectivity index (χ3v) is 1.93. The maximum Gasteiger partial charge on any atom is 0.0641 e. The van der Waals surface area contributed by atoms with Crippen molar-refractivity contribution in [1.82, 2.24) is 10.9 Å². The Hall–Kier alpha value is -1.54. The lowest BCUT2D eigenvalue weighted by molar-refractivity contribution is 0.659. The summed E-state index contributed by atoms with van der Waals surface area (Å²) < 4.78 is 0. The van der Waals surface area contributed by atoms with Gasteiger partial charge in [-0.15, -0.1) is 0 Å². The molecule has 1 aliphatic rings. The average molecular weight is 172 g/mol. The minimum Gasteiger partial charge on any atom is -0.328 e. The van der Waals surface area contributed by atoms with Gasteiger partial charge in [-0.1, -0.05) is 42.5 Å². The van der Waals surface area contributed by atoms with Gasteiger partial charge in [0.1, 0.15) is 0 Å². The van der Waals surface area contributed by atoms with Crippen LogP contribution in [0.5, 0.6) is 0 Å². The van der Waals surface area contributed by atoms with Gasteiger partial charge in [-0.2, -0.15) is 0 Å². The van der Waals surface area contributed by atoms with E-state index in [1.165, 1.54) is 5.56 Å². The molecule has 0 radical (unpaired) electrons. The van der Waals surface area contributed by atoms with Crippen LogP contribution in [-0.2, 0) is 0 Å². The Labute approximate surface area is 77.9 Å². The molecule has 2 heteroatoms. The summed E-state index contributed by atoms with van der Waals surface area (Å²) in [4.78, 5) is 0. The maximum absolute atomic E-state index is 3.08. The van der Waals surface area contributed by atoms with E-state index in [1.807, 2.05) is 24.4 Å². The minimum absolute atomic E-state index is 0.306. The molecule has 1 aliphatic heterocycles. The van der Waals surface area contributed by atoms with Crippen LogP contribution in [0.3, 0.4) is 0 Å². The minimum atomic E-state index is 0.306. The second-order valence-corrected chi connectivity index (χ2v) is 2.94. The lowest BCUT2D eigenvalue weighted by Crippen LogP contribution is -2.28. The molecule has 1 aromatic rings. The van der Waals surface area contributed by atoms with Crippen LogP contribution in [0.4, 0.5) is 0 Å². The smallest absolute Gasteiger partial charge is 0.0641 e. The zero-order valence-electron chi connectivity index (χ0n) is 7.27. The molecule has 0 bridgehead atoms. The molecular weight excluding hydrogens is 160 g/mol. The molecule has 2 rings (SSSR count). The topological polar surface area (TPSA) is 24.1 Å². The van der Waals surface area contributed by atoms with E-state index in [9.17, 15) is 0 Å². The van der Waals surface area contributed by atoms with E-state index < -0.39 is 0 Å². The van der Waals surface area contributed by atoms with Crippen LogP contribution in [-0.4, -0.2) is 6.04 Å². The summed E-state index contributed by atoms with van der Waals surface area (Å²) in [5.74, 6) is 0. The molecule has 0 fully saturated rings. The molecule has 0 aliphatic carbocycles. The van der Waals surface area contributed by atoms with Crippen molar-refractivity contribution in [1.29, 1.82) is 0 Å². The zero-order chi connectivity index (χ0) is 8.93. The lowest BCUT2D eigenvalue weighted by Gasteiger charge is -2.01. The van der Waals surface area contributed by atoms with E-state index in [-0.39, 0.29) is 0 Å². The number of rotatable bonds is 2. The number of hydrazine groups is 1. The molecule has 1 aromatic carbocycles. The van der Waals surface area contributed by atoms with Gasteiger partial charge in [-0.3, -0.25) is 0 Å². The molecule has 1 atom stereocenters. The van der Waals surface area contributed by atoms with Crippen LogP contribution in [0, 0.1) is 0 Å². The number of nitrogens with one attached hydrogen (secondary N) is 2. The highest BCUT2D eigenvalue weighted by Crippen LogP contribution is 2.03. The SMILES string of the molecule is C1=CC(C=Cc2ccccc2)NN1. The zero-order valence-corrected chi connectivity index (χ0v) is 7.27. The van der Waals surface area contributed by atoms with Gasteiger partial charge in [0.05, 0.1) is 6.04 Å². The number of hydrogen-bond acceptors (Lipinski definition) is 2. The Morgan fingerprint density at radius 3 is 2.69 bits per heavy atom. The van der Waals surface area contributed by atoms with Crippen molar-refractivity contribution < 1.29 is 0 Å². The summed E-state index contributed by atoms with van der Waals surface area (Å²) in [7, 11) is 0. The first-order valence-electron chi connectivity index (χ1n) is 4.36. The van der Waals surface area contributed by atoms with Crippen molar-refractivity contribution in [2.45, 2.75) is 6.04 Å². The van der Waals surface area contributed by atoms with Crippen LogP contribution < -0.4 is 10.9 Å². The first-order chi connectivity index (χ1) is 6.45. The fourth-order valence-electron chi connectivity index (χ4n) is 1.24. The molecule has 1 unspecified atom stereocenters. The van der Waals surface area contributed by atoms with Crippen LogP contribution in [0.1, 0.15) is 5.56 Å². The van der Waals surface area contributed by atoms with Gasteiger partial charge in [0.2, 0.25) is 0 Å². The normalized spacial score (nSPS) is 20.8. The predicted octanol–water partition coefficient (Wildman–Crippen LogP) is 1.69. The van der Waals surface area contributed by atoms with Crippen LogP contribution in [0.2, 0.25) is 0 Å². The molecule has 13 heavy (non-hydrogen) atoms. The van der Waals surface area contributed by atoms with Gasteiger partial charge < -0.3 is 5.43 Å². The summed E-state index contributed by atoms with van der Waals surface area (Å²) in [5, 5.41) is 0. The largest absolute Gasteiger partial charge is 0.328 e. The highest BCUT2D eigenvalue weighted by atomic mass is 15.4. The third-order valence-electron chi connectivity index (χ3n) is 1.93. The molecule has 0 saturated carbocycles. The first-order valence-corrected chi connectivity index (χ1v) is 4.36. The standard InChI is InChI=1S/C11H12N2/c1-2-4-10(5-3-1)6-7-11-8-9-12-13-11/h1-9,11-13H. The molecule has 2 N–H and O–H groups in total. The van der Waals surface area contributed by atoms with E-state index in [0.29, 0.717) is 6.04 Å². The Morgan fingerprint density at radius 2 is 2.00 bits per heavy atom. The van der Waals surface area contributed by atoms with E-state index in [2.05, 4.69) is 41.2 Å². The van der Waals surface area contributed by atoms with Crippen LogP contribution in [0.15, 0.2) is 48.7 Å². The average Bonchev–Trinajstić information content (AvgIpc) is 2.69. The lowest BCUT2D eigenvalue weighted by atomic mass is 10.2. The van der Waals surface area contributed by atoms with E-state index in [4.69, 9.17) is 0 Å². The van der Waals surface area contributed by atoms with Crippen LogP contribution >= 0.6 is 0 Å². The molecule has 0 saturated heterocycles. The Balaban J connectivity index is 2.01. The van der Waals surface area contributed by atoms with Crippen molar-refractivity contribution in [3.8, 4) is 0 Å². The highest BCUT2D eigenvalue weighted by Gasteiger charge is 2.00. The second kappa shape index (κ2) is 3.92. The molecule has 1 heterocycles. The summed E-state index contributed by atoms with van der Waals surface area (Å²) in [5.41, 5.74) is 7.23. The molecule has 2 nitrogen and oxygen atoms in total. The van der Waals surface area contributed by atoms with Crippen molar-refractivity contribution in [3.05, 3.63) is 54.2 Å². The Kier molecular flexibility index (Phi) is 2.43. The van der Waals surface area contributed by atoms with Gasteiger partial charge >= 0.3 is 0 Å². The highest BCUT2D eigenvalue weighted by molar-refractivity contribution is 5.50. The van der Waals surface area contributed by atoms with Gasteiger partial charge in [0, 0.05) is 6.20 Å². The second-order valence-electron chi connectivity index (χ2n) is 2.94. The van der Waals surface area contributed by atoms with E-state index >= 15 is 0 Å². The molecular formula is C11H12N2. The molecule has 0 spiro atoms. The summed E-state index contributed by atoms with van der Waals surface area (Å²) in [6, 6.07) is 10.6. The monoisotopic (exact) mass is 172 g/mol. The summed E-state index contributed by atoms with van der Waals surface area (Å²) in [6.07, 6.45) is 8.19. The predicted molar refractivity (Wildman–Crippen MR) is 54.7 cm³/mol. The van der Waals surface area contributed by atoms with E-state index in [1.54, 1.807) is 0 Å². The molecule has 66 valence electrons. The summed E-state index contributed by atoms with van der Waals surface area (Å²) in [6.45, 7) is 0. The van der Waals surface area contributed by atoms with Gasteiger partial charge in [-0.25, -0.2) is 5.43 Å². The van der Waals surface area contributed by atoms with Gasteiger partial charge in [-0.05, 0) is 11.6 Å². The third kappa shape index (κ3) is 2.20. The maximum atomic E-state index is 3.08. The summed E-state index contributed by atoms with van der Waals surface area (Å²) >= 11 is 0. The molecule has 0 amide bonds. The van der Waals surface area contributed by atoms with Gasteiger partial charge in [0.25, 0.3) is 0 Å². The number of hydrogen-bond donors (Lipinski definition) is 2. The molecule has 0 aromatic heterocycles. The fourth-order valence-corrected chi connectivity index (χ4v) is 1.24. The van der Waals surface area contributed by atoms with Gasteiger partial charge in [0.15, 0.2) is 0 Å². The fraction of sp³-hybridized carbons (Fsp3) is 0.0909.